The average Bonchev–Trinajstić information content (AvgIpc) is 2.80. The molecule has 0 unspecified atom stereocenters. The summed E-state index contributed by atoms with van der Waals surface area (Å²) in [6.45, 7) is 3.68. The van der Waals surface area contributed by atoms with E-state index in [-0.39, 0.29) is 11.4 Å². The van der Waals surface area contributed by atoms with Crippen molar-refractivity contribution in [3.8, 4) is 11.3 Å². The summed E-state index contributed by atoms with van der Waals surface area (Å²) in [5, 5.41) is 11.0. The van der Waals surface area contributed by atoms with Gasteiger partial charge in [-0.1, -0.05) is 0 Å². The van der Waals surface area contributed by atoms with E-state index in [1.54, 1.807) is 12.1 Å². The van der Waals surface area contributed by atoms with Crippen molar-refractivity contribution in [2.75, 3.05) is 0 Å². The van der Waals surface area contributed by atoms with Gasteiger partial charge >= 0.3 is 0 Å². The molecule has 1 aromatic carbocycles. The maximum Gasteiger partial charge on any atom is 0.280 e. The van der Waals surface area contributed by atoms with E-state index in [0.717, 1.165) is 11.1 Å². The Kier molecular flexibility index (Phi) is 2.97. The number of aryl methyl sites for hydroxylation is 2. The van der Waals surface area contributed by atoms with Crippen LogP contribution in [-0.2, 0) is 0 Å². The maximum atomic E-state index is 11.0. The van der Waals surface area contributed by atoms with Gasteiger partial charge in [-0.25, -0.2) is 0 Å². The monoisotopic (exact) mass is 245 g/mol. The molecule has 18 heavy (non-hydrogen) atoms. The summed E-state index contributed by atoms with van der Waals surface area (Å²) in [5.41, 5.74) is 2.13. The van der Waals surface area contributed by atoms with Crippen molar-refractivity contribution in [3.05, 3.63) is 51.3 Å². The lowest BCUT2D eigenvalue weighted by atomic mass is 10.0. The largest absolute Gasteiger partial charge is 0.453 e. The van der Waals surface area contributed by atoms with Gasteiger partial charge < -0.3 is 4.42 Å². The lowest BCUT2D eigenvalue weighted by Crippen LogP contribution is -1.94. The number of hydrogen-bond acceptors (Lipinski definition) is 4. The topological polar surface area (TPSA) is 73.3 Å². The van der Waals surface area contributed by atoms with Gasteiger partial charge in [-0.05, 0) is 43.2 Å². The van der Waals surface area contributed by atoms with Crippen LogP contribution in [0.25, 0.3) is 11.3 Å². The molecule has 1 heterocycles. The quantitative estimate of drug-likeness (QED) is 0.472. The fraction of sp³-hybridized carbons (Fsp3) is 0.154. The number of furan rings is 1. The molecule has 0 amide bonds. The Bertz CT molecular complexity index is 628. The molecule has 2 aromatic rings. The zero-order valence-corrected chi connectivity index (χ0v) is 9.97. The fourth-order valence-corrected chi connectivity index (χ4v) is 1.71. The van der Waals surface area contributed by atoms with E-state index in [4.69, 9.17) is 4.42 Å². The first-order valence-electron chi connectivity index (χ1n) is 5.34. The first kappa shape index (κ1) is 12.0. The predicted octanol–water partition coefficient (Wildman–Crippen LogP) is 3.28. The minimum Gasteiger partial charge on any atom is -0.453 e. The number of carbonyl (C=O) groups is 1. The van der Waals surface area contributed by atoms with Crippen LogP contribution < -0.4 is 0 Å². The van der Waals surface area contributed by atoms with Gasteiger partial charge in [0.15, 0.2) is 12.0 Å². The van der Waals surface area contributed by atoms with Crippen molar-refractivity contribution in [3.63, 3.8) is 0 Å². The second kappa shape index (κ2) is 4.44. The van der Waals surface area contributed by atoms with Crippen LogP contribution in [-0.4, -0.2) is 11.2 Å². The molecular weight excluding hydrogens is 234 g/mol. The van der Waals surface area contributed by atoms with Crippen molar-refractivity contribution in [1.82, 2.24) is 0 Å². The van der Waals surface area contributed by atoms with E-state index < -0.39 is 4.92 Å². The van der Waals surface area contributed by atoms with Crippen molar-refractivity contribution in [2.45, 2.75) is 13.8 Å². The zero-order valence-electron chi connectivity index (χ0n) is 9.97. The second-order valence-corrected chi connectivity index (χ2v) is 4.03. The van der Waals surface area contributed by atoms with Gasteiger partial charge in [0.2, 0.25) is 0 Å². The molecule has 0 spiro atoms. The molecule has 0 aliphatic heterocycles. The fourth-order valence-electron chi connectivity index (χ4n) is 1.71. The zero-order chi connectivity index (χ0) is 13.3. The van der Waals surface area contributed by atoms with Crippen molar-refractivity contribution in [2.24, 2.45) is 0 Å². The van der Waals surface area contributed by atoms with E-state index in [1.165, 1.54) is 12.1 Å². The smallest absolute Gasteiger partial charge is 0.280 e. The van der Waals surface area contributed by atoms with Gasteiger partial charge in [0, 0.05) is 6.07 Å². The summed E-state index contributed by atoms with van der Waals surface area (Å²) >= 11 is 0. The van der Waals surface area contributed by atoms with Gasteiger partial charge in [0.1, 0.15) is 5.76 Å². The van der Waals surface area contributed by atoms with E-state index >= 15 is 0 Å². The molecule has 0 fully saturated rings. The number of nitro benzene ring substituents is 1. The highest BCUT2D eigenvalue weighted by Crippen LogP contribution is 2.33. The van der Waals surface area contributed by atoms with Crippen LogP contribution in [0.3, 0.4) is 0 Å². The molecule has 0 radical (unpaired) electrons. The number of nitrogens with zero attached hydrogens (tertiary/aromatic N) is 1. The number of nitro groups is 1. The summed E-state index contributed by atoms with van der Waals surface area (Å²) < 4.78 is 5.23. The third kappa shape index (κ3) is 2.02. The summed E-state index contributed by atoms with van der Waals surface area (Å²) in [6, 6.07) is 6.25. The van der Waals surface area contributed by atoms with Crippen LogP contribution in [0.2, 0.25) is 0 Å². The minimum atomic E-state index is -0.453. The Hall–Kier alpha value is -2.43. The Balaban J connectivity index is 2.65. The van der Waals surface area contributed by atoms with Crippen LogP contribution in [0.1, 0.15) is 21.7 Å². The van der Waals surface area contributed by atoms with E-state index in [2.05, 4.69) is 0 Å². The number of benzene rings is 1. The van der Waals surface area contributed by atoms with Crippen LogP contribution in [0.5, 0.6) is 0 Å². The van der Waals surface area contributed by atoms with Crippen molar-refractivity contribution < 1.29 is 14.1 Å². The van der Waals surface area contributed by atoms with Crippen LogP contribution in [0.15, 0.2) is 28.7 Å². The van der Waals surface area contributed by atoms with Gasteiger partial charge in [-0.15, -0.1) is 0 Å². The Morgan fingerprint density at radius 1 is 1.22 bits per heavy atom. The molecule has 0 atom stereocenters. The SMILES string of the molecule is Cc1cc(-c2ccc(C=O)o2)c([N+](=O)[O-])cc1C. The number of carbonyl (C=O) groups excluding carboxylic acids is 1. The molecule has 0 aliphatic rings. The average molecular weight is 245 g/mol. The Labute approximate surface area is 103 Å². The summed E-state index contributed by atoms with van der Waals surface area (Å²) in [7, 11) is 0. The lowest BCUT2D eigenvalue weighted by Gasteiger charge is -2.04. The Morgan fingerprint density at radius 2 is 1.89 bits per heavy atom. The molecule has 0 bridgehead atoms. The molecule has 0 N–H and O–H groups in total. The van der Waals surface area contributed by atoms with Crippen LogP contribution in [0, 0.1) is 24.0 Å². The molecule has 0 saturated carbocycles. The van der Waals surface area contributed by atoms with E-state index in [1.807, 2.05) is 13.8 Å². The van der Waals surface area contributed by atoms with Gasteiger partial charge in [0.25, 0.3) is 5.69 Å². The molecule has 0 aliphatic carbocycles. The highest BCUT2D eigenvalue weighted by molar-refractivity contribution is 5.76. The highest BCUT2D eigenvalue weighted by Gasteiger charge is 2.19. The number of hydrogen-bond donors (Lipinski definition) is 0. The summed E-state index contributed by atoms with van der Waals surface area (Å²) in [4.78, 5) is 21.1. The maximum absolute atomic E-state index is 11.0. The first-order chi connectivity index (χ1) is 8.52. The number of aldehydes is 1. The van der Waals surface area contributed by atoms with E-state index in [0.29, 0.717) is 17.6 Å². The first-order valence-corrected chi connectivity index (χ1v) is 5.34. The summed E-state index contributed by atoms with van der Waals surface area (Å²) in [6.07, 6.45) is 0.566. The van der Waals surface area contributed by atoms with Crippen molar-refractivity contribution in [1.29, 1.82) is 0 Å². The van der Waals surface area contributed by atoms with Gasteiger partial charge in [-0.2, -0.15) is 0 Å². The lowest BCUT2D eigenvalue weighted by molar-refractivity contribution is -0.384. The highest BCUT2D eigenvalue weighted by atomic mass is 16.6. The third-order valence-electron chi connectivity index (χ3n) is 2.82. The van der Waals surface area contributed by atoms with Crippen LogP contribution >= 0.6 is 0 Å². The Morgan fingerprint density at radius 3 is 2.44 bits per heavy atom. The minimum absolute atomic E-state index is 0.0232. The molecule has 92 valence electrons. The van der Waals surface area contributed by atoms with Gasteiger partial charge in [0.05, 0.1) is 10.5 Å². The predicted molar refractivity (Wildman–Crippen MR) is 65.7 cm³/mol. The normalized spacial score (nSPS) is 10.3. The molecular formula is C13H11NO4. The second-order valence-electron chi connectivity index (χ2n) is 4.03. The number of rotatable bonds is 3. The molecule has 0 saturated heterocycles. The molecule has 2 rings (SSSR count). The van der Waals surface area contributed by atoms with E-state index in [9.17, 15) is 14.9 Å². The van der Waals surface area contributed by atoms with Gasteiger partial charge in [-0.3, -0.25) is 14.9 Å². The molecule has 1 aromatic heterocycles. The van der Waals surface area contributed by atoms with Crippen LogP contribution in [0.4, 0.5) is 5.69 Å². The molecule has 5 nitrogen and oxygen atoms in total. The third-order valence-corrected chi connectivity index (χ3v) is 2.82. The standard InChI is InChI=1S/C13H11NO4/c1-8-5-11(12(14(16)17)6-9(8)2)13-4-3-10(7-15)18-13/h3-7H,1-2H3. The van der Waals surface area contributed by atoms with Crippen molar-refractivity contribution >= 4 is 12.0 Å². The summed E-state index contributed by atoms with van der Waals surface area (Å²) in [5.74, 6) is 0.476. The molecule has 5 heteroatoms.